The molecule has 0 unspecified atom stereocenters. The Balaban J connectivity index is 1.13. The summed E-state index contributed by atoms with van der Waals surface area (Å²) < 4.78 is 0. The van der Waals surface area contributed by atoms with E-state index in [0.29, 0.717) is 0 Å². The molecule has 0 amide bonds. The monoisotopic (exact) mass is 760 g/mol. The molecule has 0 N–H and O–H groups in total. The predicted molar refractivity (Wildman–Crippen MR) is 249 cm³/mol. The Bertz CT molecular complexity index is 2430. The molecule has 0 aromatic heterocycles. The minimum atomic E-state index is -0.0660. The molecular formula is C59H52. The molecule has 2 aliphatic carbocycles. The fraction of sp³-hybridized carbons (Fsp3) is 0.186. The Morgan fingerprint density at radius 3 is 0.661 bits per heavy atom. The van der Waals surface area contributed by atoms with E-state index in [-0.39, 0.29) is 21.7 Å². The van der Waals surface area contributed by atoms with Gasteiger partial charge in [-0.25, -0.2) is 0 Å². The van der Waals surface area contributed by atoms with Crippen LogP contribution in [0.2, 0.25) is 0 Å². The summed E-state index contributed by atoms with van der Waals surface area (Å²) in [6, 6.07) is 82.0. The van der Waals surface area contributed by atoms with E-state index < -0.39 is 0 Å². The van der Waals surface area contributed by atoms with Crippen LogP contribution in [0.25, 0.3) is 44.5 Å². The summed E-state index contributed by atoms with van der Waals surface area (Å²) in [4.78, 5) is 0. The Kier molecular flexibility index (Phi) is 9.33. The lowest BCUT2D eigenvalue weighted by molar-refractivity contribution is 0.0166. The smallest absolute Gasteiger partial charge is 0.00218 e. The van der Waals surface area contributed by atoms with Crippen LogP contribution in [0.3, 0.4) is 0 Å². The maximum Gasteiger partial charge on any atom is -0.00218 e. The third-order valence-electron chi connectivity index (χ3n) is 14.2. The third-order valence-corrected chi connectivity index (χ3v) is 14.2. The summed E-state index contributed by atoms with van der Waals surface area (Å²) >= 11 is 0. The van der Waals surface area contributed by atoms with Gasteiger partial charge in [0.25, 0.3) is 0 Å². The first-order chi connectivity index (χ1) is 28.8. The van der Waals surface area contributed by atoms with Gasteiger partial charge in [-0.2, -0.15) is 0 Å². The van der Waals surface area contributed by atoms with Gasteiger partial charge in [-0.1, -0.05) is 232 Å². The highest BCUT2D eigenvalue weighted by Gasteiger charge is 2.61. The summed E-state index contributed by atoms with van der Waals surface area (Å²) in [5, 5.41) is 0. The SMILES string of the molecule is CC1(c2ccc(-c3ccccc3)cc2)CC2(c3ccc(-c4ccccc4)cc3)CC(C)(c3ccc(-c4ccccc4)cc3)CC(c3ccc(-c4ccccc4)cc3)(C1)C2. The van der Waals surface area contributed by atoms with Crippen LogP contribution in [-0.4, -0.2) is 0 Å². The molecule has 0 nitrogen and oxygen atoms in total. The lowest BCUT2D eigenvalue weighted by atomic mass is 9.40. The van der Waals surface area contributed by atoms with Crippen molar-refractivity contribution in [3.05, 3.63) is 241 Å². The van der Waals surface area contributed by atoms with Gasteiger partial charge in [-0.3, -0.25) is 0 Å². The molecule has 2 saturated carbocycles. The number of rotatable bonds is 8. The summed E-state index contributed by atoms with van der Waals surface area (Å²) in [5.74, 6) is 0. The van der Waals surface area contributed by atoms with Gasteiger partial charge >= 0.3 is 0 Å². The fourth-order valence-electron chi connectivity index (χ4n) is 11.8. The largest absolute Gasteiger partial charge is 0.0622 e. The fourth-order valence-corrected chi connectivity index (χ4v) is 11.8. The highest BCUT2D eigenvalue weighted by atomic mass is 14.6. The highest BCUT2D eigenvalue weighted by molar-refractivity contribution is 5.67. The van der Waals surface area contributed by atoms with E-state index in [1.54, 1.807) is 0 Å². The van der Waals surface area contributed by atoms with Gasteiger partial charge < -0.3 is 0 Å². The molecule has 0 heteroatoms. The summed E-state index contributed by atoms with van der Waals surface area (Å²) in [6.07, 6.45) is 5.51. The van der Waals surface area contributed by atoms with Crippen molar-refractivity contribution in [1.82, 2.24) is 0 Å². The van der Waals surface area contributed by atoms with Crippen molar-refractivity contribution in [2.45, 2.75) is 67.6 Å². The van der Waals surface area contributed by atoms with Gasteiger partial charge in [-0.05, 0) is 121 Å². The molecule has 0 radical (unpaired) electrons. The van der Waals surface area contributed by atoms with Gasteiger partial charge in [0, 0.05) is 0 Å². The zero-order chi connectivity index (χ0) is 39.9. The Hall–Kier alpha value is -6.24. The van der Waals surface area contributed by atoms with E-state index in [9.17, 15) is 0 Å². The Morgan fingerprint density at radius 2 is 0.424 bits per heavy atom. The van der Waals surface area contributed by atoms with Gasteiger partial charge in [-0.15, -0.1) is 0 Å². The molecule has 8 aromatic rings. The van der Waals surface area contributed by atoms with E-state index in [2.05, 4.69) is 232 Å². The number of fused-ring (bicyclic) bond motifs is 2. The number of hydrogen-bond acceptors (Lipinski definition) is 0. The first kappa shape index (κ1) is 37.1. The van der Waals surface area contributed by atoms with Crippen LogP contribution >= 0.6 is 0 Å². The van der Waals surface area contributed by atoms with Crippen LogP contribution in [0.15, 0.2) is 218 Å². The maximum absolute atomic E-state index is 2.58. The first-order valence-corrected chi connectivity index (χ1v) is 21.5. The van der Waals surface area contributed by atoms with Crippen molar-refractivity contribution in [3.63, 3.8) is 0 Å². The molecule has 59 heavy (non-hydrogen) atoms. The Labute approximate surface area is 351 Å². The van der Waals surface area contributed by atoms with Gasteiger partial charge in [0.05, 0.1) is 0 Å². The van der Waals surface area contributed by atoms with Gasteiger partial charge in [0.15, 0.2) is 0 Å². The van der Waals surface area contributed by atoms with Crippen molar-refractivity contribution in [2.24, 2.45) is 0 Å². The standard InChI is InChI=1S/C59H52/c1-56(52-31-23-48(24-32-52)44-15-7-3-8-16-44)39-58(54-35-27-50(28-36-54)46-19-11-5-12-20-46)41-57(2,53-33-25-49(26-34-53)45-17-9-4-10-18-45)42-59(40-56,43-58)55-37-29-51(30-38-55)47-21-13-6-14-22-47/h3-38H,39-43H2,1-2H3. The van der Waals surface area contributed by atoms with Crippen LogP contribution < -0.4 is 0 Å². The van der Waals surface area contributed by atoms with Crippen molar-refractivity contribution < 1.29 is 0 Å². The topological polar surface area (TPSA) is 0 Å². The molecule has 2 bridgehead atoms. The average Bonchev–Trinajstić information content (AvgIpc) is 3.30. The van der Waals surface area contributed by atoms with Crippen LogP contribution in [0, 0.1) is 0 Å². The van der Waals surface area contributed by atoms with Gasteiger partial charge in [0.2, 0.25) is 0 Å². The van der Waals surface area contributed by atoms with E-state index in [4.69, 9.17) is 0 Å². The normalized spacial score (nSPS) is 23.7. The molecule has 0 atom stereocenters. The summed E-state index contributed by atoms with van der Waals surface area (Å²) in [5.41, 5.74) is 15.8. The van der Waals surface area contributed by atoms with E-state index >= 15 is 0 Å². The predicted octanol–water partition coefficient (Wildman–Crippen LogP) is 15.4. The van der Waals surface area contributed by atoms with Crippen LogP contribution in [-0.2, 0) is 21.7 Å². The van der Waals surface area contributed by atoms with Crippen molar-refractivity contribution in [3.8, 4) is 44.5 Å². The zero-order valence-corrected chi connectivity index (χ0v) is 34.3. The molecule has 10 rings (SSSR count). The third kappa shape index (κ3) is 6.95. The number of benzene rings is 8. The quantitative estimate of drug-likeness (QED) is 0.145. The minimum absolute atomic E-state index is 0.0534. The average molecular weight is 761 g/mol. The lowest BCUT2D eigenvalue weighted by Crippen LogP contribution is -2.59. The molecule has 0 heterocycles. The minimum Gasteiger partial charge on any atom is -0.0622 e. The molecule has 0 spiro atoms. The Morgan fingerprint density at radius 1 is 0.220 bits per heavy atom. The molecule has 0 aliphatic heterocycles. The van der Waals surface area contributed by atoms with Crippen molar-refractivity contribution >= 4 is 0 Å². The molecule has 8 aromatic carbocycles. The molecule has 288 valence electrons. The highest BCUT2D eigenvalue weighted by Crippen LogP contribution is 2.67. The molecule has 0 saturated heterocycles. The second-order valence-corrected chi connectivity index (χ2v) is 18.3. The second-order valence-electron chi connectivity index (χ2n) is 18.3. The van der Waals surface area contributed by atoms with Crippen molar-refractivity contribution in [1.29, 1.82) is 0 Å². The second kappa shape index (κ2) is 14.9. The molecule has 2 fully saturated rings. The van der Waals surface area contributed by atoms with Crippen LogP contribution in [0.4, 0.5) is 0 Å². The zero-order valence-electron chi connectivity index (χ0n) is 34.3. The maximum atomic E-state index is 2.58. The van der Waals surface area contributed by atoms with E-state index in [0.717, 1.165) is 32.1 Å². The van der Waals surface area contributed by atoms with Gasteiger partial charge in [0.1, 0.15) is 0 Å². The van der Waals surface area contributed by atoms with Crippen LogP contribution in [0.1, 0.15) is 68.2 Å². The van der Waals surface area contributed by atoms with Crippen molar-refractivity contribution in [2.75, 3.05) is 0 Å². The van der Waals surface area contributed by atoms with E-state index in [1.807, 2.05) is 0 Å². The first-order valence-electron chi connectivity index (χ1n) is 21.5. The number of hydrogen-bond donors (Lipinski definition) is 0. The lowest BCUT2D eigenvalue weighted by Gasteiger charge is -2.64. The summed E-state index contributed by atoms with van der Waals surface area (Å²) in [7, 11) is 0. The summed E-state index contributed by atoms with van der Waals surface area (Å²) in [6.45, 7) is 5.17. The molecule has 2 aliphatic rings. The van der Waals surface area contributed by atoms with Crippen LogP contribution in [0.5, 0.6) is 0 Å². The molecular weight excluding hydrogens is 709 g/mol. The van der Waals surface area contributed by atoms with E-state index in [1.165, 1.54) is 66.8 Å².